The second-order valence-corrected chi connectivity index (χ2v) is 4.69. The van der Waals surface area contributed by atoms with Gasteiger partial charge in [-0.25, -0.2) is 4.79 Å². The molecule has 1 aliphatic rings. The first-order valence-electron chi connectivity index (χ1n) is 6.93. The first kappa shape index (κ1) is 16.9. The maximum atomic E-state index is 11.6. The number of urea groups is 1. The second-order valence-electron chi connectivity index (χ2n) is 4.69. The third-order valence-electron chi connectivity index (χ3n) is 2.97. The highest BCUT2D eigenvalue weighted by Crippen LogP contribution is 2.08. The van der Waals surface area contributed by atoms with Gasteiger partial charge in [0.05, 0.1) is 13.0 Å². The average molecular weight is 299 g/mol. The fraction of sp³-hybridized carbons (Fsp3) is 0.692. The minimum Gasteiger partial charge on any atom is -0.466 e. The Balaban J connectivity index is 2.15. The van der Waals surface area contributed by atoms with Crippen LogP contribution in [0.25, 0.3) is 0 Å². The zero-order valence-electron chi connectivity index (χ0n) is 12.4. The number of nitrogens with one attached hydrogen (secondary N) is 1. The number of likely N-dealkylation sites (N-methyl/N-ethyl adjacent to an activating group) is 1. The molecule has 0 aromatic carbocycles. The number of carbonyl (C=O) groups excluding carboxylic acids is 4. The normalized spacial score (nSPS) is 14.6. The number of hydrogen-bond acceptors (Lipinski definition) is 5. The van der Waals surface area contributed by atoms with Crippen molar-refractivity contribution in [2.24, 2.45) is 0 Å². The zero-order valence-corrected chi connectivity index (χ0v) is 12.4. The van der Waals surface area contributed by atoms with Gasteiger partial charge in [0.2, 0.25) is 11.8 Å². The van der Waals surface area contributed by atoms with E-state index in [1.54, 1.807) is 14.0 Å². The molecule has 1 fully saturated rings. The third-order valence-corrected chi connectivity index (χ3v) is 2.97. The van der Waals surface area contributed by atoms with E-state index >= 15 is 0 Å². The van der Waals surface area contributed by atoms with Crippen LogP contribution in [0.3, 0.4) is 0 Å². The van der Waals surface area contributed by atoms with Crippen LogP contribution in [-0.2, 0) is 19.1 Å². The van der Waals surface area contributed by atoms with Crippen molar-refractivity contribution >= 4 is 23.8 Å². The van der Waals surface area contributed by atoms with E-state index in [-0.39, 0.29) is 56.3 Å². The second kappa shape index (κ2) is 8.23. The van der Waals surface area contributed by atoms with Gasteiger partial charge in [0, 0.05) is 26.6 Å². The van der Waals surface area contributed by atoms with E-state index in [1.165, 1.54) is 4.90 Å². The number of imide groups is 1. The Morgan fingerprint density at radius 1 is 1.29 bits per heavy atom. The van der Waals surface area contributed by atoms with Crippen LogP contribution in [-0.4, -0.2) is 66.9 Å². The molecule has 0 atom stereocenters. The molecule has 0 bridgehead atoms. The SMILES string of the molecule is CCOC(=O)CCNC(=O)CCCN1C(=O)CN(C)C1=O. The van der Waals surface area contributed by atoms with Crippen molar-refractivity contribution in [2.45, 2.75) is 26.2 Å². The molecule has 8 nitrogen and oxygen atoms in total. The van der Waals surface area contributed by atoms with Crippen molar-refractivity contribution in [3.05, 3.63) is 0 Å². The molecule has 0 aliphatic carbocycles. The van der Waals surface area contributed by atoms with Crippen LogP contribution < -0.4 is 5.32 Å². The summed E-state index contributed by atoms with van der Waals surface area (Å²) in [6.07, 6.45) is 0.730. The number of esters is 1. The standard InChI is InChI=1S/C13H21N3O5/c1-3-21-12(19)6-7-14-10(17)5-4-8-16-11(18)9-15(2)13(16)20/h3-9H2,1-2H3,(H,14,17). The molecule has 0 saturated carbocycles. The summed E-state index contributed by atoms with van der Waals surface area (Å²) in [5.41, 5.74) is 0. The van der Waals surface area contributed by atoms with Gasteiger partial charge in [-0.15, -0.1) is 0 Å². The summed E-state index contributed by atoms with van der Waals surface area (Å²) in [6.45, 7) is 2.58. The topological polar surface area (TPSA) is 96.0 Å². The van der Waals surface area contributed by atoms with Gasteiger partial charge >= 0.3 is 12.0 Å². The van der Waals surface area contributed by atoms with E-state index in [0.717, 1.165) is 4.90 Å². The van der Waals surface area contributed by atoms with Crippen LogP contribution in [0.1, 0.15) is 26.2 Å². The van der Waals surface area contributed by atoms with Crippen LogP contribution in [0.2, 0.25) is 0 Å². The van der Waals surface area contributed by atoms with E-state index in [0.29, 0.717) is 13.0 Å². The van der Waals surface area contributed by atoms with E-state index < -0.39 is 0 Å². The molecule has 118 valence electrons. The minimum atomic E-state index is -0.353. The Kier molecular flexibility index (Phi) is 6.64. The summed E-state index contributed by atoms with van der Waals surface area (Å²) in [6, 6.07) is -0.331. The van der Waals surface area contributed by atoms with Gasteiger partial charge in [0.15, 0.2) is 0 Å². The Morgan fingerprint density at radius 3 is 2.57 bits per heavy atom. The molecule has 1 rings (SSSR count). The molecule has 1 aliphatic heterocycles. The first-order valence-corrected chi connectivity index (χ1v) is 6.93. The van der Waals surface area contributed by atoms with Gasteiger partial charge in [0.25, 0.3) is 0 Å². The highest BCUT2D eigenvalue weighted by atomic mass is 16.5. The number of ether oxygens (including phenoxy) is 1. The Labute approximate surface area is 123 Å². The van der Waals surface area contributed by atoms with Gasteiger partial charge in [-0.05, 0) is 13.3 Å². The lowest BCUT2D eigenvalue weighted by Crippen LogP contribution is -2.33. The Hall–Kier alpha value is -2.12. The molecular formula is C13H21N3O5. The molecule has 8 heteroatoms. The molecule has 0 radical (unpaired) electrons. The monoisotopic (exact) mass is 299 g/mol. The maximum absolute atomic E-state index is 11.6. The van der Waals surface area contributed by atoms with Crippen molar-refractivity contribution in [3.8, 4) is 0 Å². The maximum Gasteiger partial charge on any atom is 0.326 e. The lowest BCUT2D eigenvalue weighted by Gasteiger charge is -2.13. The summed E-state index contributed by atoms with van der Waals surface area (Å²) in [5.74, 6) is -0.814. The first-order chi connectivity index (χ1) is 9.95. The predicted molar refractivity (Wildman–Crippen MR) is 73.2 cm³/mol. The van der Waals surface area contributed by atoms with Gasteiger partial charge in [-0.2, -0.15) is 0 Å². The van der Waals surface area contributed by atoms with E-state index in [2.05, 4.69) is 5.32 Å². The fourth-order valence-electron chi connectivity index (χ4n) is 1.91. The number of carbonyl (C=O) groups is 4. The smallest absolute Gasteiger partial charge is 0.326 e. The lowest BCUT2D eigenvalue weighted by atomic mass is 10.2. The number of hydrogen-bond donors (Lipinski definition) is 1. The van der Waals surface area contributed by atoms with Crippen LogP contribution in [0.5, 0.6) is 0 Å². The molecule has 1 N–H and O–H groups in total. The summed E-state index contributed by atoms with van der Waals surface area (Å²) >= 11 is 0. The van der Waals surface area contributed by atoms with E-state index in [9.17, 15) is 19.2 Å². The van der Waals surface area contributed by atoms with Crippen LogP contribution in [0, 0.1) is 0 Å². The summed E-state index contributed by atoms with van der Waals surface area (Å²) in [7, 11) is 1.56. The largest absolute Gasteiger partial charge is 0.466 e. The predicted octanol–water partition coefficient (Wildman–Crippen LogP) is -0.270. The number of nitrogens with zero attached hydrogens (tertiary/aromatic N) is 2. The molecule has 0 aromatic heterocycles. The Morgan fingerprint density at radius 2 is 2.00 bits per heavy atom. The molecule has 0 aromatic rings. The van der Waals surface area contributed by atoms with E-state index in [1.807, 2.05) is 0 Å². The van der Waals surface area contributed by atoms with Gasteiger partial charge in [0.1, 0.15) is 6.54 Å². The van der Waals surface area contributed by atoms with Crippen molar-refractivity contribution in [1.29, 1.82) is 0 Å². The molecule has 1 saturated heterocycles. The van der Waals surface area contributed by atoms with Crippen LogP contribution in [0.4, 0.5) is 4.79 Å². The molecule has 21 heavy (non-hydrogen) atoms. The fourth-order valence-corrected chi connectivity index (χ4v) is 1.91. The zero-order chi connectivity index (χ0) is 15.8. The molecule has 0 spiro atoms. The van der Waals surface area contributed by atoms with E-state index in [4.69, 9.17) is 4.74 Å². The lowest BCUT2D eigenvalue weighted by molar-refractivity contribution is -0.143. The third kappa shape index (κ3) is 5.41. The van der Waals surface area contributed by atoms with Crippen molar-refractivity contribution in [1.82, 2.24) is 15.1 Å². The number of amides is 4. The number of rotatable bonds is 8. The van der Waals surface area contributed by atoms with Gasteiger partial charge < -0.3 is 15.0 Å². The van der Waals surface area contributed by atoms with Gasteiger partial charge in [-0.1, -0.05) is 0 Å². The quantitative estimate of drug-likeness (QED) is 0.491. The summed E-state index contributed by atoms with van der Waals surface area (Å²) in [4.78, 5) is 48.1. The molecule has 0 unspecified atom stereocenters. The highest BCUT2D eigenvalue weighted by molar-refractivity contribution is 6.01. The molecular weight excluding hydrogens is 278 g/mol. The Bertz CT molecular complexity index is 424. The van der Waals surface area contributed by atoms with Crippen molar-refractivity contribution in [3.63, 3.8) is 0 Å². The average Bonchev–Trinajstić information content (AvgIpc) is 2.65. The molecule has 4 amide bonds. The summed E-state index contributed by atoms with van der Waals surface area (Å²) < 4.78 is 4.73. The minimum absolute atomic E-state index is 0.0879. The molecule has 1 heterocycles. The van der Waals surface area contributed by atoms with Crippen molar-refractivity contribution < 1.29 is 23.9 Å². The van der Waals surface area contributed by atoms with Crippen LogP contribution in [0.15, 0.2) is 0 Å². The van der Waals surface area contributed by atoms with Crippen molar-refractivity contribution in [2.75, 3.05) is 33.3 Å². The highest BCUT2D eigenvalue weighted by Gasteiger charge is 2.32. The summed E-state index contributed by atoms with van der Waals surface area (Å²) in [5, 5.41) is 2.59. The van der Waals surface area contributed by atoms with Crippen LogP contribution >= 0.6 is 0 Å². The van der Waals surface area contributed by atoms with Gasteiger partial charge in [-0.3, -0.25) is 19.3 Å².